The second kappa shape index (κ2) is 8.96. The van der Waals surface area contributed by atoms with Crippen molar-refractivity contribution in [3.63, 3.8) is 0 Å². The Kier molecular flexibility index (Phi) is 6.41. The van der Waals surface area contributed by atoms with E-state index in [1.807, 2.05) is 46.3 Å². The molecule has 0 aliphatic rings. The third-order valence-corrected chi connectivity index (χ3v) is 5.50. The number of hydrogen-bond acceptors (Lipinski definition) is 5. The van der Waals surface area contributed by atoms with E-state index in [9.17, 15) is 4.79 Å². The van der Waals surface area contributed by atoms with Crippen LogP contribution in [-0.4, -0.2) is 27.8 Å². The van der Waals surface area contributed by atoms with Crippen LogP contribution in [0.5, 0.6) is 5.75 Å². The molecule has 2 N–H and O–H groups in total. The predicted octanol–water partition coefficient (Wildman–Crippen LogP) is 4.34. The molecule has 8 heteroatoms. The number of aromatic amines is 1. The summed E-state index contributed by atoms with van der Waals surface area (Å²) >= 11 is 6.91. The Bertz CT molecular complexity index is 930. The Morgan fingerprint density at radius 1 is 1.37 bits per heavy atom. The van der Waals surface area contributed by atoms with Gasteiger partial charge in [-0.2, -0.15) is 5.10 Å². The van der Waals surface area contributed by atoms with Gasteiger partial charge in [0.2, 0.25) is 5.91 Å². The summed E-state index contributed by atoms with van der Waals surface area (Å²) < 4.78 is 7.58. The van der Waals surface area contributed by atoms with Crippen molar-refractivity contribution in [1.82, 2.24) is 20.1 Å². The van der Waals surface area contributed by atoms with E-state index in [1.54, 1.807) is 18.4 Å². The van der Waals surface area contributed by atoms with Crippen molar-refractivity contribution >= 4 is 29.5 Å². The lowest BCUT2D eigenvalue weighted by Crippen LogP contribution is -2.29. The summed E-state index contributed by atoms with van der Waals surface area (Å²) in [5.74, 6) is 1.55. The molecule has 0 fully saturated rings. The minimum atomic E-state index is -0.0301. The van der Waals surface area contributed by atoms with Crippen LogP contribution in [0.1, 0.15) is 31.4 Å². The number of benzene rings is 1. The van der Waals surface area contributed by atoms with E-state index < -0.39 is 0 Å². The Labute approximate surface area is 167 Å². The molecule has 0 aliphatic heterocycles. The first-order valence-electron chi connectivity index (χ1n) is 8.74. The lowest BCUT2D eigenvalue weighted by atomic mass is 10.0. The van der Waals surface area contributed by atoms with Crippen LogP contribution in [0.4, 0.5) is 0 Å². The highest BCUT2D eigenvalue weighted by molar-refractivity contribution is 7.71. The molecule has 1 amide bonds. The maximum absolute atomic E-state index is 12.5. The Hall–Kier alpha value is -2.45. The Balaban J connectivity index is 1.64. The highest BCUT2D eigenvalue weighted by atomic mass is 32.1. The van der Waals surface area contributed by atoms with Gasteiger partial charge in [-0.05, 0) is 47.8 Å². The van der Waals surface area contributed by atoms with Crippen LogP contribution in [0.25, 0.3) is 10.7 Å². The molecule has 0 unspecified atom stereocenters. The number of nitrogens with one attached hydrogen (secondary N) is 2. The number of rotatable bonds is 8. The number of carbonyl (C=O) groups is 1. The SMILES string of the molecule is CC[C@H](NC(=O)CCn1c(-c2cccs2)n[nH]c1=S)c1ccc(OC)cc1. The molecule has 0 saturated carbocycles. The van der Waals surface area contributed by atoms with E-state index in [1.165, 1.54) is 0 Å². The molecule has 0 aliphatic carbocycles. The number of nitrogens with zero attached hydrogens (tertiary/aromatic N) is 2. The lowest BCUT2D eigenvalue weighted by Gasteiger charge is -2.18. The van der Waals surface area contributed by atoms with Gasteiger partial charge in [0.15, 0.2) is 10.6 Å². The molecule has 142 valence electrons. The number of carbonyl (C=O) groups excluding carboxylic acids is 1. The van der Waals surface area contributed by atoms with Gasteiger partial charge < -0.3 is 10.1 Å². The first-order chi connectivity index (χ1) is 13.1. The van der Waals surface area contributed by atoms with Gasteiger partial charge >= 0.3 is 0 Å². The topological polar surface area (TPSA) is 71.9 Å². The van der Waals surface area contributed by atoms with Gasteiger partial charge in [-0.25, -0.2) is 0 Å². The van der Waals surface area contributed by atoms with E-state index in [0.29, 0.717) is 17.7 Å². The number of methoxy groups -OCH3 is 1. The van der Waals surface area contributed by atoms with E-state index in [0.717, 1.165) is 28.4 Å². The molecule has 1 aromatic carbocycles. The standard InChI is InChI=1S/C19H22N4O2S2/c1-3-15(13-6-8-14(25-2)9-7-13)20-17(24)10-11-23-18(21-22-19(23)26)16-5-4-12-27-16/h4-9,12,15H,3,10-11H2,1-2H3,(H,20,24)(H,22,26)/t15-/m0/s1. The zero-order chi connectivity index (χ0) is 19.2. The van der Waals surface area contributed by atoms with Crippen molar-refractivity contribution in [1.29, 1.82) is 0 Å². The van der Waals surface area contributed by atoms with Gasteiger partial charge in [0.25, 0.3) is 0 Å². The molecule has 0 saturated heterocycles. The summed E-state index contributed by atoms with van der Waals surface area (Å²) in [6, 6.07) is 11.7. The summed E-state index contributed by atoms with van der Waals surface area (Å²) in [6.45, 7) is 2.53. The fraction of sp³-hybridized carbons (Fsp3) is 0.316. The third kappa shape index (κ3) is 4.64. The summed E-state index contributed by atoms with van der Waals surface area (Å²) in [7, 11) is 1.64. The van der Waals surface area contributed by atoms with Crippen LogP contribution in [0, 0.1) is 4.77 Å². The molecule has 3 aromatic rings. The molecule has 6 nitrogen and oxygen atoms in total. The maximum Gasteiger partial charge on any atom is 0.222 e. The molecular weight excluding hydrogens is 380 g/mol. The monoisotopic (exact) mass is 402 g/mol. The van der Waals surface area contributed by atoms with E-state index in [-0.39, 0.29) is 11.9 Å². The zero-order valence-corrected chi connectivity index (χ0v) is 16.9. The van der Waals surface area contributed by atoms with Crippen LogP contribution in [0.15, 0.2) is 41.8 Å². The van der Waals surface area contributed by atoms with E-state index in [4.69, 9.17) is 17.0 Å². The molecule has 0 bridgehead atoms. The van der Waals surface area contributed by atoms with Gasteiger partial charge in [-0.1, -0.05) is 25.1 Å². The molecule has 3 rings (SSSR count). The number of hydrogen-bond donors (Lipinski definition) is 2. The molecule has 0 spiro atoms. The van der Waals surface area contributed by atoms with Crippen molar-refractivity contribution in [2.24, 2.45) is 0 Å². The number of amides is 1. The largest absolute Gasteiger partial charge is 0.497 e. The van der Waals surface area contributed by atoms with Crippen LogP contribution >= 0.6 is 23.6 Å². The summed E-state index contributed by atoms with van der Waals surface area (Å²) in [5, 5.41) is 12.2. The second-order valence-electron chi connectivity index (χ2n) is 6.03. The molecule has 0 radical (unpaired) electrons. The van der Waals surface area contributed by atoms with E-state index in [2.05, 4.69) is 22.4 Å². The Morgan fingerprint density at radius 2 is 2.15 bits per heavy atom. The molecule has 2 heterocycles. The highest BCUT2D eigenvalue weighted by Crippen LogP contribution is 2.23. The normalized spacial score (nSPS) is 11.9. The van der Waals surface area contributed by atoms with Crippen LogP contribution in [0.2, 0.25) is 0 Å². The fourth-order valence-electron chi connectivity index (χ4n) is 2.86. The lowest BCUT2D eigenvalue weighted by molar-refractivity contribution is -0.122. The van der Waals surface area contributed by atoms with Gasteiger partial charge in [0.05, 0.1) is 18.0 Å². The molecular formula is C19H22N4O2S2. The second-order valence-corrected chi connectivity index (χ2v) is 7.37. The number of aromatic nitrogens is 3. The number of thiophene rings is 1. The first kappa shape index (κ1) is 19.3. The smallest absolute Gasteiger partial charge is 0.222 e. The van der Waals surface area contributed by atoms with Gasteiger partial charge in [0, 0.05) is 13.0 Å². The number of H-pyrrole nitrogens is 1. The fourth-order valence-corrected chi connectivity index (χ4v) is 3.80. The predicted molar refractivity (Wildman–Crippen MR) is 110 cm³/mol. The van der Waals surface area contributed by atoms with Crippen molar-refractivity contribution in [3.8, 4) is 16.5 Å². The maximum atomic E-state index is 12.5. The van der Waals surface area contributed by atoms with Crippen molar-refractivity contribution in [3.05, 3.63) is 52.1 Å². The van der Waals surface area contributed by atoms with Crippen molar-refractivity contribution in [2.45, 2.75) is 32.4 Å². The first-order valence-corrected chi connectivity index (χ1v) is 10.0. The minimum absolute atomic E-state index is 0.0158. The van der Waals surface area contributed by atoms with Crippen LogP contribution < -0.4 is 10.1 Å². The van der Waals surface area contributed by atoms with Crippen LogP contribution in [0.3, 0.4) is 0 Å². The third-order valence-electron chi connectivity index (χ3n) is 4.32. The van der Waals surface area contributed by atoms with Crippen LogP contribution in [-0.2, 0) is 11.3 Å². The minimum Gasteiger partial charge on any atom is -0.497 e. The quantitative estimate of drug-likeness (QED) is 0.550. The highest BCUT2D eigenvalue weighted by Gasteiger charge is 2.15. The molecule has 27 heavy (non-hydrogen) atoms. The van der Waals surface area contributed by atoms with Gasteiger partial charge in [-0.3, -0.25) is 14.5 Å². The molecule has 2 aromatic heterocycles. The Morgan fingerprint density at radius 3 is 2.78 bits per heavy atom. The summed E-state index contributed by atoms with van der Waals surface area (Å²) in [4.78, 5) is 13.5. The average molecular weight is 403 g/mol. The summed E-state index contributed by atoms with van der Waals surface area (Å²) in [5.41, 5.74) is 1.06. The van der Waals surface area contributed by atoms with Crippen molar-refractivity contribution < 1.29 is 9.53 Å². The summed E-state index contributed by atoms with van der Waals surface area (Å²) in [6.07, 6.45) is 1.14. The zero-order valence-electron chi connectivity index (χ0n) is 15.3. The molecule has 1 atom stereocenters. The number of ether oxygens (including phenoxy) is 1. The average Bonchev–Trinajstić information content (AvgIpc) is 3.34. The van der Waals surface area contributed by atoms with Crippen molar-refractivity contribution in [2.75, 3.05) is 7.11 Å². The van der Waals surface area contributed by atoms with Gasteiger partial charge in [-0.15, -0.1) is 11.3 Å². The van der Waals surface area contributed by atoms with Gasteiger partial charge in [0.1, 0.15) is 5.75 Å². The van der Waals surface area contributed by atoms with E-state index >= 15 is 0 Å².